The van der Waals surface area contributed by atoms with Crippen LogP contribution in [0.1, 0.15) is 35.6 Å². The monoisotopic (exact) mass is 495 g/mol. The van der Waals surface area contributed by atoms with Gasteiger partial charge in [-0.25, -0.2) is 0 Å². The highest BCUT2D eigenvalue weighted by Gasteiger charge is 2.22. The van der Waals surface area contributed by atoms with E-state index in [2.05, 4.69) is 33.7 Å². The van der Waals surface area contributed by atoms with Crippen molar-refractivity contribution in [3.8, 4) is 0 Å². The van der Waals surface area contributed by atoms with E-state index in [0.717, 1.165) is 30.3 Å². The molecule has 0 saturated carbocycles. The van der Waals surface area contributed by atoms with Gasteiger partial charge in [-0.2, -0.15) is 0 Å². The van der Waals surface area contributed by atoms with Crippen LogP contribution in [0.3, 0.4) is 0 Å². The number of thioether (sulfide) groups is 1. The molecule has 0 fully saturated rings. The summed E-state index contributed by atoms with van der Waals surface area (Å²) in [6.45, 7) is 0.387. The Morgan fingerprint density at radius 2 is 1.75 bits per heavy atom. The molecule has 1 aliphatic carbocycles. The number of para-hydroxylation sites is 1. The zero-order valence-corrected chi connectivity index (χ0v) is 20.4. The molecule has 36 heavy (non-hydrogen) atoms. The number of carbonyl (C=O) groups is 1. The molecule has 1 N–H and O–H groups in total. The van der Waals surface area contributed by atoms with E-state index in [1.807, 2.05) is 65.1 Å². The van der Waals surface area contributed by atoms with E-state index >= 15 is 0 Å². The number of benzene rings is 3. The normalized spacial score (nSPS) is 15.2. The molecular weight excluding hydrogens is 470 g/mol. The van der Waals surface area contributed by atoms with Crippen LogP contribution in [0.5, 0.6) is 0 Å². The number of hydrogen-bond donors (Lipinski definition) is 1. The summed E-state index contributed by atoms with van der Waals surface area (Å²) in [5, 5.41) is 13.1. The molecule has 7 nitrogen and oxygen atoms in total. The van der Waals surface area contributed by atoms with Gasteiger partial charge in [-0.1, -0.05) is 78.5 Å². The van der Waals surface area contributed by atoms with Gasteiger partial charge in [-0.05, 0) is 48.1 Å². The predicted molar refractivity (Wildman–Crippen MR) is 141 cm³/mol. The lowest BCUT2D eigenvalue weighted by molar-refractivity contribution is -0.119. The van der Waals surface area contributed by atoms with Crippen molar-refractivity contribution in [1.29, 1.82) is 0 Å². The Balaban J connectivity index is 1.30. The maximum atomic E-state index is 13.4. The van der Waals surface area contributed by atoms with Crippen molar-refractivity contribution < 1.29 is 4.79 Å². The third-order valence-electron chi connectivity index (χ3n) is 6.70. The van der Waals surface area contributed by atoms with E-state index in [4.69, 9.17) is 0 Å². The zero-order valence-electron chi connectivity index (χ0n) is 19.6. The van der Waals surface area contributed by atoms with Crippen molar-refractivity contribution in [3.63, 3.8) is 0 Å². The lowest BCUT2D eigenvalue weighted by Gasteiger charge is -2.26. The van der Waals surface area contributed by atoms with E-state index in [-0.39, 0.29) is 23.3 Å². The standard InChI is InChI=1S/C28H25N5O2S/c34-25(29-23-15-8-12-20-11-4-5-13-21(20)23)18-36-28-31-30-27-32(17-19-9-2-1-3-10-19)26(35)22-14-6-7-16-24(22)33(27)28/h1-7,9-11,13-14,16,23H,8,12,15,17-18H2,(H,29,34). The molecule has 1 atom stereocenters. The molecule has 180 valence electrons. The second kappa shape index (κ2) is 9.62. The molecule has 2 heterocycles. The first-order valence-corrected chi connectivity index (χ1v) is 13.1. The van der Waals surface area contributed by atoms with Crippen LogP contribution in [0.15, 0.2) is 88.8 Å². The van der Waals surface area contributed by atoms with Gasteiger partial charge >= 0.3 is 0 Å². The van der Waals surface area contributed by atoms with Gasteiger partial charge in [-0.3, -0.25) is 18.6 Å². The molecule has 0 radical (unpaired) electrons. The minimum Gasteiger partial charge on any atom is -0.349 e. The van der Waals surface area contributed by atoms with Crippen LogP contribution in [0, 0.1) is 0 Å². The number of carbonyl (C=O) groups excluding carboxylic acids is 1. The fraction of sp³-hybridized carbons (Fsp3) is 0.214. The fourth-order valence-corrected chi connectivity index (χ4v) is 5.76. The van der Waals surface area contributed by atoms with Gasteiger partial charge in [-0.15, -0.1) is 10.2 Å². The highest BCUT2D eigenvalue weighted by Crippen LogP contribution is 2.30. The SMILES string of the molecule is O=C(CSc1nnc2n(Cc3ccccc3)c(=O)c3ccccc3n12)NC1CCCc2ccccc21. The number of nitrogens with one attached hydrogen (secondary N) is 1. The molecule has 5 aromatic rings. The van der Waals surface area contributed by atoms with E-state index in [9.17, 15) is 9.59 Å². The van der Waals surface area contributed by atoms with Gasteiger partial charge in [0.05, 0.1) is 29.2 Å². The fourth-order valence-electron chi connectivity index (χ4n) is 5.01. The summed E-state index contributed by atoms with van der Waals surface area (Å²) >= 11 is 1.33. The summed E-state index contributed by atoms with van der Waals surface area (Å²) in [5.74, 6) is 0.637. The van der Waals surface area contributed by atoms with Crippen LogP contribution in [-0.4, -0.2) is 30.8 Å². The van der Waals surface area contributed by atoms with Crippen LogP contribution in [-0.2, 0) is 17.8 Å². The lowest BCUT2D eigenvalue weighted by Crippen LogP contribution is -2.32. The van der Waals surface area contributed by atoms with Crippen LogP contribution < -0.4 is 10.9 Å². The maximum absolute atomic E-state index is 13.4. The second-order valence-corrected chi connectivity index (χ2v) is 9.95. The number of rotatable bonds is 6. The van der Waals surface area contributed by atoms with E-state index < -0.39 is 0 Å². The molecule has 0 bridgehead atoms. The Kier molecular flexibility index (Phi) is 6.03. The van der Waals surface area contributed by atoms with E-state index in [1.165, 1.54) is 22.9 Å². The first-order valence-electron chi connectivity index (χ1n) is 12.1. The molecular formula is C28H25N5O2S. The number of aryl methyl sites for hydroxylation is 1. The molecule has 1 unspecified atom stereocenters. The number of fused-ring (bicyclic) bond motifs is 4. The Labute approximate surface area is 212 Å². The van der Waals surface area contributed by atoms with E-state index in [0.29, 0.717) is 22.9 Å². The van der Waals surface area contributed by atoms with Crippen LogP contribution in [0.4, 0.5) is 0 Å². The Hall–Kier alpha value is -3.91. The topological polar surface area (TPSA) is 81.3 Å². The average molecular weight is 496 g/mol. The number of aromatic nitrogens is 4. The van der Waals surface area contributed by atoms with Gasteiger partial charge < -0.3 is 5.32 Å². The molecule has 6 rings (SSSR count). The van der Waals surface area contributed by atoms with Crippen molar-refractivity contribution in [2.75, 3.05) is 5.75 Å². The van der Waals surface area contributed by atoms with Gasteiger partial charge in [0.15, 0.2) is 5.16 Å². The molecule has 2 aromatic heterocycles. The maximum Gasteiger partial charge on any atom is 0.263 e. The summed E-state index contributed by atoms with van der Waals surface area (Å²) in [5.41, 5.74) is 4.15. The van der Waals surface area contributed by atoms with Crippen molar-refractivity contribution in [2.45, 2.75) is 37.0 Å². The molecule has 8 heteroatoms. The molecule has 0 saturated heterocycles. The largest absolute Gasteiger partial charge is 0.349 e. The quantitative estimate of drug-likeness (QED) is 0.354. The summed E-state index contributed by atoms with van der Waals surface area (Å²) < 4.78 is 3.53. The first-order chi connectivity index (χ1) is 17.7. The molecule has 3 aromatic carbocycles. The highest BCUT2D eigenvalue weighted by molar-refractivity contribution is 7.99. The Morgan fingerprint density at radius 1 is 0.972 bits per heavy atom. The average Bonchev–Trinajstić information content (AvgIpc) is 3.35. The predicted octanol–water partition coefficient (Wildman–Crippen LogP) is 4.38. The molecule has 1 amide bonds. The number of amides is 1. The zero-order chi connectivity index (χ0) is 24.5. The minimum atomic E-state index is -0.111. The summed E-state index contributed by atoms with van der Waals surface area (Å²) in [7, 11) is 0. The third kappa shape index (κ3) is 4.18. The Morgan fingerprint density at radius 3 is 2.64 bits per heavy atom. The molecule has 1 aliphatic rings. The van der Waals surface area contributed by atoms with Crippen LogP contribution in [0.2, 0.25) is 0 Å². The van der Waals surface area contributed by atoms with Gasteiger partial charge in [0.1, 0.15) is 0 Å². The third-order valence-corrected chi connectivity index (χ3v) is 7.63. The molecule has 0 spiro atoms. The van der Waals surface area contributed by atoms with Crippen LogP contribution in [0.25, 0.3) is 16.7 Å². The van der Waals surface area contributed by atoms with Gasteiger partial charge in [0.2, 0.25) is 11.7 Å². The number of nitrogens with zero attached hydrogens (tertiary/aromatic N) is 4. The van der Waals surface area contributed by atoms with Crippen molar-refractivity contribution in [2.24, 2.45) is 0 Å². The first kappa shape index (κ1) is 22.5. The smallest absolute Gasteiger partial charge is 0.263 e. The lowest BCUT2D eigenvalue weighted by atomic mass is 9.88. The van der Waals surface area contributed by atoms with Gasteiger partial charge in [0.25, 0.3) is 5.56 Å². The molecule has 0 aliphatic heterocycles. The minimum absolute atomic E-state index is 0.0371. The number of hydrogen-bond acceptors (Lipinski definition) is 5. The van der Waals surface area contributed by atoms with Crippen molar-refractivity contribution in [1.82, 2.24) is 24.5 Å². The van der Waals surface area contributed by atoms with Crippen molar-refractivity contribution >= 4 is 34.3 Å². The van der Waals surface area contributed by atoms with Crippen LogP contribution >= 0.6 is 11.8 Å². The van der Waals surface area contributed by atoms with Gasteiger partial charge in [0, 0.05) is 0 Å². The summed E-state index contributed by atoms with van der Waals surface area (Å²) in [4.78, 5) is 26.3. The second-order valence-electron chi connectivity index (χ2n) is 9.01. The Bertz CT molecular complexity index is 1630. The van der Waals surface area contributed by atoms with E-state index in [1.54, 1.807) is 4.57 Å². The highest BCUT2D eigenvalue weighted by atomic mass is 32.2. The van der Waals surface area contributed by atoms with Crippen molar-refractivity contribution in [3.05, 3.63) is 106 Å². The summed E-state index contributed by atoms with van der Waals surface area (Å²) in [6.07, 6.45) is 3.06. The summed E-state index contributed by atoms with van der Waals surface area (Å²) in [6, 6.07) is 25.7.